The summed E-state index contributed by atoms with van der Waals surface area (Å²) in [6.45, 7) is 9.01. The molecule has 0 radical (unpaired) electrons. The van der Waals surface area contributed by atoms with Gasteiger partial charge >= 0.3 is 12.1 Å². The Morgan fingerprint density at radius 1 is 1.12 bits per heavy atom. The number of ether oxygens (including phenoxy) is 1. The molecule has 0 N–H and O–H groups in total. The molecule has 8 nitrogen and oxygen atoms in total. The lowest BCUT2D eigenvalue weighted by atomic mass is 9.95. The van der Waals surface area contributed by atoms with E-state index in [1.54, 1.807) is 42.9 Å². The van der Waals surface area contributed by atoms with Crippen molar-refractivity contribution in [1.82, 2.24) is 5.06 Å². The van der Waals surface area contributed by atoms with Crippen LogP contribution in [0.1, 0.15) is 70.1 Å². The minimum atomic E-state index is -4.77. The van der Waals surface area contributed by atoms with Crippen LogP contribution in [0.15, 0.2) is 36.4 Å². The number of alkyl halides is 3. The molecule has 2 aromatic rings. The molecular formula is C31H35F3N4O4S. The molecule has 0 spiro atoms. The Morgan fingerprint density at radius 2 is 1.79 bits per heavy atom. The maximum absolute atomic E-state index is 13.6. The number of nitrogens with zero attached hydrogens (tertiary/aromatic N) is 4. The van der Waals surface area contributed by atoms with Crippen molar-refractivity contribution < 1.29 is 32.3 Å². The van der Waals surface area contributed by atoms with E-state index in [0.717, 1.165) is 41.9 Å². The van der Waals surface area contributed by atoms with E-state index in [9.17, 15) is 22.8 Å². The third kappa shape index (κ3) is 6.78. The standard InChI is InChI=1S/C31H35F3N4O4S/c1-5-21-17-24(9-10-26(21)41-16-13-20-11-14-36(15-12-20)42-27(39)6-2)38-29(43)37(28(40)30(38,3)4)23-8-7-22(19-35)25(18-23)31(32,33)34/h7-10,17-18,20H,5-6,11-16H2,1-4H3. The molecule has 2 aliphatic rings. The molecule has 1 amide bonds. The van der Waals surface area contributed by atoms with E-state index in [0.29, 0.717) is 49.9 Å². The van der Waals surface area contributed by atoms with E-state index in [1.165, 1.54) is 6.07 Å². The molecular weight excluding hydrogens is 581 g/mol. The van der Waals surface area contributed by atoms with Gasteiger partial charge in [0.15, 0.2) is 5.11 Å². The normalized spacial score (nSPS) is 17.7. The summed E-state index contributed by atoms with van der Waals surface area (Å²) in [7, 11) is 0. The van der Waals surface area contributed by atoms with Gasteiger partial charge in [0.05, 0.1) is 29.5 Å². The number of piperidine rings is 1. The molecule has 2 aliphatic heterocycles. The number of carbonyl (C=O) groups excluding carboxylic acids is 2. The van der Waals surface area contributed by atoms with Crippen molar-refractivity contribution in [3.8, 4) is 11.8 Å². The van der Waals surface area contributed by atoms with Gasteiger partial charge in [-0.2, -0.15) is 18.4 Å². The van der Waals surface area contributed by atoms with Crippen LogP contribution in [0, 0.1) is 17.2 Å². The number of anilines is 2. The van der Waals surface area contributed by atoms with Gasteiger partial charge in [-0.05, 0) is 99.6 Å². The zero-order valence-electron chi connectivity index (χ0n) is 24.7. The van der Waals surface area contributed by atoms with Gasteiger partial charge in [0.25, 0.3) is 5.91 Å². The Balaban J connectivity index is 1.47. The molecule has 2 fully saturated rings. The van der Waals surface area contributed by atoms with Gasteiger partial charge in [-0.3, -0.25) is 14.5 Å². The maximum atomic E-state index is 13.6. The second-order valence-electron chi connectivity index (χ2n) is 11.1. The van der Waals surface area contributed by atoms with Crippen LogP contribution in [0.5, 0.6) is 5.75 Å². The zero-order valence-corrected chi connectivity index (χ0v) is 25.5. The smallest absolute Gasteiger partial charge is 0.417 e. The number of amides is 1. The summed E-state index contributed by atoms with van der Waals surface area (Å²) in [5.74, 6) is 0.468. The van der Waals surface area contributed by atoms with Crippen molar-refractivity contribution in [3.63, 3.8) is 0 Å². The predicted molar refractivity (Wildman–Crippen MR) is 159 cm³/mol. The number of rotatable bonds is 9. The fourth-order valence-electron chi connectivity index (χ4n) is 5.41. The zero-order chi connectivity index (χ0) is 31.5. The quantitative estimate of drug-likeness (QED) is 0.299. The summed E-state index contributed by atoms with van der Waals surface area (Å²) >= 11 is 5.67. The van der Waals surface area contributed by atoms with Crippen LogP contribution in [0.2, 0.25) is 0 Å². The summed E-state index contributed by atoms with van der Waals surface area (Å²) in [5.41, 5.74) is -1.37. The Labute approximate surface area is 254 Å². The molecule has 230 valence electrons. The first-order valence-corrected chi connectivity index (χ1v) is 14.7. The minimum Gasteiger partial charge on any atom is -0.493 e. The Morgan fingerprint density at radius 3 is 2.40 bits per heavy atom. The molecule has 2 aromatic carbocycles. The average molecular weight is 617 g/mol. The third-order valence-corrected chi connectivity index (χ3v) is 8.28. The van der Waals surface area contributed by atoms with E-state index in [2.05, 4.69) is 0 Å². The fourth-order valence-corrected chi connectivity index (χ4v) is 5.94. The molecule has 43 heavy (non-hydrogen) atoms. The molecule has 0 aliphatic carbocycles. The highest BCUT2D eigenvalue weighted by Gasteiger charge is 2.50. The molecule has 2 heterocycles. The van der Waals surface area contributed by atoms with Crippen LogP contribution in [0.4, 0.5) is 24.5 Å². The topological polar surface area (TPSA) is 86.1 Å². The molecule has 4 rings (SSSR count). The summed E-state index contributed by atoms with van der Waals surface area (Å²) in [5, 5.41) is 10.9. The summed E-state index contributed by atoms with van der Waals surface area (Å²) in [4.78, 5) is 33.1. The summed E-state index contributed by atoms with van der Waals surface area (Å²) < 4.78 is 47.1. The molecule has 0 saturated carbocycles. The number of thiocarbonyl (C=S) groups is 1. The van der Waals surface area contributed by atoms with Crippen LogP contribution >= 0.6 is 12.2 Å². The Bertz CT molecular complexity index is 1430. The van der Waals surface area contributed by atoms with E-state index in [1.807, 2.05) is 19.1 Å². The number of benzene rings is 2. The average Bonchev–Trinajstić information content (AvgIpc) is 3.15. The Kier molecular flexibility index (Phi) is 9.66. The van der Waals surface area contributed by atoms with Gasteiger partial charge < -0.3 is 14.5 Å². The van der Waals surface area contributed by atoms with Crippen LogP contribution in [0.25, 0.3) is 0 Å². The lowest BCUT2D eigenvalue weighted by Gasteiger charge is -2.31. The predicted octanol–water partition coefficient (Wildman–Crippen LogP) is 6.41. The van der Waals surface area contributed by atoms with Crippen molar-refractivity contribution in [2.45, 2.75) is 71.5 Å². The first-order valence-electron chi connectivity index (χ1n) is 14.3. The number of carbonyl (C=O) groups is 2. The molecule has 0 bridgehead atoms. The number of halogens is 3. The maximum Gasteiger partial charge on any atom is 0.417 e. The lowest BCUT2D eigenvalue weighted by molar-refractivity contribution is -0.196. The van der Waals surface area contributed by atoms with Crippen molar-refractivity contribution >= 4 is 40.6 Å². The van der Waals surface area contributed by atoms with Crippen molar-refractivity contribution in [2.24, 2.45) is 5.92 Å². The van der Waals surface area contributed by atoms with Crippen molar-refractivity contribution in [2.75, 3.05) is 29.5 Å². The van der Waals surface area contributed by atoms with Crippen LogP contribution in [-0.2, 0) is 27.0 Å². The monoisotopic (exact) mass is 616 g/mol. The van der Waals surface area contributed by atoms with E-state index in [-0.39, 0.29) is 16.8 Å². The third-order valence-electron chi connectivity index (χ3n) is 7.92. The first-order chi connectivity index (χ1) is 20.3. The van der Waals surface area contributed by atoms with Gasteiger partial charge in [-0.25, -0.2) is 0 Å². The number of nitriles is 1. The van der Waals surface area contributed by atoms with Gasteiger partial charge in [-0.15, -0.1) is 5.06 Å². The minimum absolute atomic E-state index is 0.0412. The molecule has 0 aromatic heterocycles. The molecule has 0 unspecified atom stereocenters. The molecule has 2 saturated heterocycles. The highest BCUT2D eigenvalue weighted by Crippen LogP contribution is 2.40. The van der Waals surface area contributed by atoms with E-state index >= 15 is 0 Å². The van der Waals surface area contributed by atoms with E-state index in [4.69, 9.17) is 27.1 Å². The molecule has 0 atom stereocenters. The number of hydrogen-bond donors (Lipinski definition) is 0. The van der Waals surface area contributed by atoms with Crippen LogP contribution < -0.4 is 14.5 Å². The van der Waals surface area contributed by atoms with Crippen molar-refractivity contribution in [3.05, 3.63) is 53.1 Å². The lowest BCUT2D eigenvalue weighted by Crippen LogP contribution is -2.44. The fraction of sp³-hybridized carbons (Fsp3) is 0.484. The van der Waals surface area contributed by atoms with Crippen LogP contribution in [-0.4, -0.2) is 47.3 Å². The van der Waals surface area contributed by atoms with Crippen LogP contribution in [0.3, 0.4) is 0 Å². The van der Waals surface area contributed by atoms with Crippen molar-refractivity contribution in [1.29, 1.82) is 5.26 Å². The van der Waals surface area contributed by atoms with Gasteiger partial charge in [0.2, 0.25) is 0 Å². The number of hydrogen-bond acceptors (Lipinski definition) is 7. The Hall–Kier alpha value is -3.69. The van der Waals surface area contributed by atoms with Gasteiger partial charge in [0, 0.05) is 25.2 Å². The largest absolute Gasteiger partial charge is 0.493 e. The summed E-state index contributed by atoms with van der Waals surface area (Å²) in [6.07, 6.45) is -1.09. The number of hydroxylamine groups is 2. The second-order valence-corrected chi connectivity index (χ2v) is 11.5. The summed E-state index contributed by atoms with van der Waals surface area (Å²) in [6, 6.07) is 10.2. The SMILES string of the molecule is CCC(=O)ON1CCC(CCOc2ccc(N3C(=S)N(c4ccc(C#N)c(C(F)(F)F)c4)C(=O)C3(C)C)cc2CC)CC1. The molecule has 12 heteroatoms. The van der Waals surface area contributed by atoms with E-state index < -0.39 is 28.7 Å². The number of aryl methyl sites for hydroxylation is 1. The highest BCUT2D eigenvalue weighted by atomic mass is 32.1. The highest BCUT2D eigenvalue weighted by molar-refractivity contribution is 7.81. The van der Waals surface area contributed by atoms with Gasteiger partial charge in [-0.1, -0.05) is 13.8 Å². The second kappa shape index (κ2) is 12.9. The first kappa shape index (κ1) is 32.2. The van der Waals surface area contributed by atoms with Gasteiger partial charge in [0.1, 0.15) is 11.3 Å².